The quantitative estimate of drug-likeness (QED) is 0.503. The van der Waals surface area contributed by atoms with Gasteiger partial charge in [-0.05, 0) is 44.2 Å². The van der Waals surface area contributed by atoms with Crippen LogP contribution in [0.5, 0.6) is 0 Å². The number of aromatic nitrogens is 4. The first-order chi connectivity index (χ1) is 12.2. The second kappa shape index (κ2) is 6.21. The van der Waals surface area contributed by atoms with E-state index < -0.39 is 22.5 Å². The number of esters is 1. The molecule has 0 saturated carbocycles. The van der Waals surface area contributed by atoms with Crippen molar-refractivity contribution in [3.63, 3.8) is 0 Å². The molecule has 0 amide bonds. The zero-order valence-electron chi connectivity index (χ0n) is 14.8. The van der Waals surface area contributed by atoms with Gasteiger partial charge in [0.1, 0.15) is 5.60 Å². The Bertz CT molecular complexity index is 911. The zero-order chi connectivity index (χ0) is 19.1. The lowest BCUT2D eigenvalue weighted by molar-refractivity contribution is -0.385. The van der Waals surface area contributed by atoms with Crippen LogP contribution in [0.4, 0.5) is 11.6 Å². The third-order valence-electron chi connectivity index (χ3n) is 3.80. The van der Waals surface area contributed by atoms with Crippen molar-refractivity contribution in [2.24, 2.45) is 0 Å². The number of hydrogen-bond donors (Lipinski definition) is 1. The number of benzene rings is 1. The molecule has 1 aromatic carbocycles. The number of para-hydroxylation sites is 1. The van der Waals surface area contributed by atoms with Crippen molar-refractivity contribution in [1.82, 2.24) is 20.2 Å². The van der Waals surface area contributed by atoms with E-state index in [1.165, 1.54) is 10.7 Å². The van der Waals surface area contributed by atoms with Crippen LogP contribution in [0.25, 0.3) is 5.70 Å². The summed E-state index contributed by atoms with van der Waals surface area (Å²) in [6.45, 7) is 6.92. The highest BCUT2D eigenvalue weighted by atomic mass is 16.6. The van der Waals surface area contributed by atoms with E-state index >= 15 is 0 Å². The highest BCUT2D eigenvalue weighted by Crippen LogP contribution is 2.38. The summed E-state index contributed by atoms with van der Waals surface area (Å²) in [6.07, 6.45) is 0. The maximum absolute atomic E-state index is 12.8. The Kier molecular flexibility index (Phi) is 4.18. The van der Waals surface area contributed by atoms with Gasteiger partial charge in [0.2, 0.25) is 5.95 Å². The fourth-order valence-electron chi connectivity index (χ4n) is 2.76. The molecule has 2 heterocycles. The molecule has 1 aromatic heterocycles. The van der Waals surface area contributed by atoms with Crippen molar-refractivity contribution in [3.05, 3.63) is 45.5 Å². The fourth-order valence-corrected chi connectivity index (χ4v) is 2.76. The van der Waals surface area contributed by atoms with E-state index in [1.807, 2.05) is 0 Å². The van der Waals surface area contributed by atoms with Crippen LogP contribution in [0.2, 0.25) is 0 Å². The summed E-state index contributed by atoms with van der Waals surface area (Å²) in [4.78, 5) is 23.8. The summed E-state index contributed by atoms with van der Waals surface area (Å²) < 4.78 is 6.87. The van der Waals surface area contributed by atoms with Gasteiger partial charge in [0.05, 0.1) is 27.8 Å². The summed E-state index contributed by atoms with van der Waals surface area (Å²) in [6, 6.07) is 5.40. The van der Waals surface area contributed by atoms with Gasteiger partial charge in [0.25, 0.3) is 5.69 Å². The van der Waals surface area contributed by atoms with Gasteiger partial charge >= 0.3 is 5.97 Å². The first kappa shape index (κ1) is 17.5. The van der Waals surface area contributed by atoms with Gasteiger partial charge in [0, 0.05) is 6.07 Å². The number of anilines is 1. The molecule has 0 saturated heterocycles. The molecule has 3 rings (SSSR count). The maximum atomic E-state index is 12.8. The fraction of sp³-hybridized carbons (Fsp3) is 0.375. The van der Waals surface area contributed by atoms with Crippen molar-refractivity contribution in [2.45, 2.75) is 39.3 Å². The lowest BCUT2D eigenvalue weighted by Crippen LogP contribution is -2.32. The van der Waals surface area contributed by atoms with Gasteiger partial charge in [-0.3, -0.25) is 10.1 Å². The minimum absolute atomic E-state index is 0.111. The Hall–Kier alpha value is -3.30. The minimum atomic E-state index is -0.815. The van der Waals surface area contributed by atoms with Gasteiger partial charge in [-0.25, -0.2) is 4.79 Å². The van der Waals surface area contributed by atoms with E-state index in [9.17, 15) is 14.9 Å². The molecule has 10 nitrogen and oxygen atoms in total. The van der Waals surface area contributed by atoms with Crippen molar-refractivity contribution in [1.29, 1.82) is 0 Å². The number of nitro benzene ring substituents is 1. The molecule has 1 unspecified atom stereocenters. The smallest absolute Gasteiger partial charge is 0.338 e. The minimum Gasteiger partial charge on any atom is -0.456 e. The number of rotatable bonds is 3. The molecule has 0 aliphatic carbocycles. The van der Waals surface area contributed by atoms with Crippen LogP contribution in [-0.2, 0) is 9.53 Å². The Morgan fingerprint density at radius 2 is 2.04 bits per heavy atom. The molecule has 1 atom stereocenters. The number of ether oxygens (including phenoxy) is 1. The second-order valence-corrected chi connectivity index (χ2v) is 6.81. The molecular formula is C16H18N6O4. The van der Waals surface area contributed by atoms with Crippen LogP contribution in [0.1, 0.15) is 39.3 Å². The normalized spacial score (nSPS) is 16.7. The standard InChI is InChI=1S/C16H18N6O4/c1-9-12(14(23)26-16(2,3)4)13(17-15-18-19-20-21(9)15)10-7-5-6-8-11(10)22(24)25/h5-8,13H,1-4H3,(H,17,18,20). The molecule has 0 radical (unpaired) electrons. The molecule has 2 aromatic rings. The number of hydrogen-bond acceptors (Lipinski definition) is 8. The summed E-state index contributed by atoms with van der Waals surface area (Å²) in [5, 5.41) is 25.7. The maximum Gasteiger partial charge on any atom is 0.338 e. The van der Waals surface area contributed by atoms with E-state index in [1.54, 1.807) is 45.9 Å². The van der Waals surface area contributed by atoms with E-state index in [0.717, 1.165) is 0 Å². The first-order valence-corrected chi connectivity index (χ1v) is 7.92. The number of nitrogens with one attached hydrogen (secondary N) is 1. The Morgan fingerprint density at radius 3 is 2.69 bits per heavy atom. The van der Waals surface area contributed by atoms with Crippen molar-refractivity contribution in [2.75, 3.05) is 5.32 Å². The predicted octanol–water partition coefficient (Wildman–Crippen LogP) is 2.32. The zero-order valence-corrected chi connectivity index (χ0v) is 14.8. The molecule has 1 N–H and O–H groups in total. The number of carbonyl (C=O) groups is 1. The van der Waals surface area contributed by atoms with Crippen LogP contribution in [0.15, 0.2) is 29.8 Å². The molecule has 0 bridgehead atoms. The first-order valence-electron chi connectivity index (χ1n) is 7.92. The van der Waals surface area contributed by atoms with E-state index in [-0.39, 0.29) is 17.2 Å². The molecule has 1 aliphatic rings. The van der Waals surface area contributed by atoms with Gasteiger partial charge < -0.3 is 10.1 Å². The number of nitrogens with zero attached hydrogens (tertiary/aromatic N) is 5. The Morgan fingerprint density at radius 1 is 1.35 bits per heavy atom. The monoisotopic (exact) mass is 358 g/mol. The lowest BCUT2D eigenvalue weighted by atomic mass is 9.94. The summed E-state index contributed by atoms with van der Waals surface area (Å²) in [5.41, 5.74) is 0.153. The molecule has 10 heteroatoms. The molecule has 0 fully saturated rings. The molecular weight excluding hydrogens is 340 g/mol. The van der Waals surface area contributed by atoms with Crippen molar-refractivity contribution in [3.8, 4) is 0 Å². The van der Waals surface area contributed by atoms with E-state index in [0.29, 0.717) is 11.3 Å². The van der Waals surface area contributed by atoms with Crippen LogP contribution in [-0.4, -0.2) is 36.7 Å². The summed E-state index contributed by atoms with van der Waals surface area (Å²) >= 11 is 0. The Labute approximate surface area is 149 Å². The third-order valence-corrected chi connectivity index (χ3v) is 3.80. The van der Waals surface area contributed by atoms with Gasteiger partial charge in [0.15, 0.2) is 0 Å². The van der Waals surface area contributed by atoms with Crippen LogP contribution >= 0.6 is 0 Å². The average Bonchev–Trinajstić information content (AvgIpc) is 3.01. The van der Waals surface area contributed by atoms with Crippen LogP contribution in [0, 0.1) is 10.1 Å². The van der Waals surface area contributed by atoms with Crippen molar-refractivity contribution < 1.29 is 14.5 Å². The van der Waals surface area contributed by atoms with E-state index in [4.69, 9.17) is 4.74 Å². The van der Waals surface area contributed by atoms with Crippen LogP contribution < -0.4 is 5.32 Å². The number of carbonyl (C=O) groups excluding carboxylic acids is 1. The SMILES string of the molecule is CC1=C(C(=O)OC(C)(C)C)C(c2ccccc2[N+](=O)[O-])Nc2nnnn21. The number of fused-ring (bicyclic) bond motifs is 1. The molecule has 0 spiro atoms. The third kappa shape index (κ3) is 3.13. The number of allylic oxidation sites excluding steroid dienone is 1. The van der Waals surface area contributed by atoms with Crippen molar-refractivity contribution >= 4 is 23.3 Å². The second-order valence-electron chi connectivity index (χ2n) is 6.81. The summed E-state index contributed by atoms with van der Waals surface area (Å²) in [5.74, 6) is -0.301. The van der Waals surface area contributed by atoms with Gasteiger partial charge in [-0.2, -0.15) is 4.68 Å². The van der Waals surface area contributed by atoms with E-state index in [2.05, 4.69) is 20.8 Å². The van der Waals surface area contributed by atoms with Crippen LogP contribution in [0.3, 0.4) is 0 Å². The number of tetrazole rings is 1. The highest BCUT2D eigenvalue weighted by Gasteiger charge is 2.37. The largest absolute Gasteiger partial charge is 0.456 e. The van der Waals surface area contributed by atoms with Gasteiger partial charge in [-0.1, -0.05) is 17.2 Å². The lowest BCUT2D eigenvalue weighted by Gasteiger charge is -2.29. The Balaban J connectivity index is 2.16. The summed E-state index contributed by atoms with van der Waals surface area (Å²) in [7, 11) is 0. The average molecular weight is 358 g/mol. The molecule has 26 heavy (non-hydrogen) atoms. The van der Waals surface area contributed by atoms with Gasteiger partial charge in [-0.15, -0.1) is 0 Å². The topological polar surface area (TPSA) is 125 Å². The highest BCUT2D eigenvalue weighted by molar-refractivity contribution is 5.98. The molecule has 136 valence electrons. The predicted molar refractivity (Wildman–Crippen MR) is 92.0 cm³/mol. The molecule has 1 aliphatic heterocycles. The number of nitro groups is 1.